The van der Waals surface area contributed by atoms with Crippen molar-refractivity contribution in [2.45, 2.75) is 25.5 Å². The molecule has 0 aliphatic rings. The van der Waals surface area contributed by atoms with Gasteiger partial charge in [0.15, 0.2) is 16.1 Å². The maximum absolute atomic E-state index is 12.8. The molecule has 0 fully saturated rings. The first kappa shape index (κ1) is 27.1. The molecule has 2 amide bonds. The van der Waals surface area contributed by atoms with Crippen molar-refractivity contribution in [1.29, 1.82) is 0 Å². The molecule has 0 unspecified atom stereocenters. The van der Waals surface area contributed by atoms with E-state index in [1.54, 1.807) is 12.1 Å². The van der Waals surface area contributed by atoms with Crippen molar-refractivity contribution in [2.24, 2.45) is 0 Å². The number of carbonyl (C=O) groups excluding carboxylic acids is 2. The van der Waals surface area contributed by atoms with Crippen LogP contribution in [0.25, 0.3) is 15.9 Å². The number of rotatable bonds is 8. The average molecular weight is 598 g/mol. The van der Waals surface area contributed by atoms with Crippen LogP contribution in [0.4, 0.5) is 5.13 Å². The van der Waals surface area contributed by atoms with Gasteiger partial charge in [0.2, 0.25) is 5.91 Å². The minimum Gasteiger partial charge on any atom is -0.345 e. The summed E-state index contributed by atoms with van der Waals surface area (Å²) in [7, 11) is 0. The smallest absolute Gasteiger partial charge is 0.253 e. The van der Waals surface area contributed by atoms with Gasteiger partial charge < -0.3 is 10.6 Å². The highest BCUT2D eigenvalue weighted by Gasteiger charge is 2.20. The van der Waals surface area contributed by atoms with E-state index in [0.29, 0.717) is 26.7 Å². The SMILES string of the molecule is Cc1cccc(-n2c(CNC(=O)c3ccc(Cl)cc3Cl)nnc2SCC(=O)Nc2nc3ccccc3s2)c1C. The molecule has 0 radical (unpaired) electrons. The van der Waals surface area contributed by atoms with E-state index in [4.69, 9.17) is 23.2 Å². The number of aryl methyl sites for hydroxylation is 1. The molecule has 0 bridgehead atoms. The molecule has 5 aromatic rings. The van der Waals surface area contributed by atoms with Crippen molar-refractivity contribution in [3.8, 4) is 5.69 Å². The minimum atomic E-state index is -0.364. The number of benzene rings is 3. The molecule has 198 valence electrons. The zero-order valence-corrected chi connectivity index (χ0v) is 24.0. The van der Waals surface area contributed by atoms with Gasteiger partial charge in [-0.3, -0.25) is 14.2 Å². The number of fused-ring (bicyclic) bond motifs is 1. The molecule has 2 heterocycles. The van der Waals surface area contributed by atoms with Crippen molar-refractivity contribution in [3.05, 3.63) is 93.2 Å². The minimum absolute atomic E-state index is 0.0939. The molecule has 2 N–H and O–H groups in total. The van der Waals surface area contributed by atoms with Crippen LogP contribution in [-0.2, 0) is 11.3 Å². The van der Waals surface area contributed by atoms with Crippen LogP contribution < -0.4 is 10.6 Å². The molecule has 12 heteroatoms. The third-order valence-electron chi connectivity index (χ3n) is 5.97. The standard InChI is InChI=1S/C27H22Cl2N6O2S2/c1-15-6-5-8-21(16(15)2)35-23(13-30-25(37)18-11-10-17(28)12-19(18)29)33-34-27(35)38-14-24(36)32-26-31-20-7-3-4-9-22(20)39-26/h3-12H,13-14H2,1-2H3,(H,30,37)(H,31,32,36). The molecular weight excluding hydrogens is 575 g/mol. The number of nitrogens with zero attached hydrogens (tertiary/aromatic N) is 4. The molecule has 0 atom stereocenters. The van der Waals surface area contributed by atoms with E-state index < -0.39 is 0 Å². The number of anilines is 1. The quantitative estimate of drug-likeness (QED) is 0.199. The third kappa shape index (κ3) is 6.09. The average Bonchev–Trinajstić information content (AvgIpc) is 3.50. The van der Waals surface area contributed by atoms with Crippen LogP contribution in [0.3, 0.4) is 0 Å². The number of thioether (sulfide) groups is 1. The van der Waals surface area contributed by atoms with Crippen molar-refractivity contribution < 1.29 is 9.59 Å². The van der Waals surface area contributed by atoms with Gasteiger partial charge in [0.25, 0.3) is 5.91 Å². The summed E-state index contributed by atoms with van der Waals surface area (Å²) in [6.45, 7) is 4.12. The van der Waals surface area contributed by atoms with Crippen LogP contribution in [0.15, 0.2) is 65.8 Å². The predicted molar refractivity (Wildman–Crippen MR) is 157 cm³/mol. The summed E-state index contributed by atoms with van der Waals surface area (Å²) in [4.78, 5) is 30.0. The lowest BCUT2D eigenvalue weighted by Crippen LogP contribution is -2.25. The van der Waals surface area contributed by atoms with E-state index in [2.05, 4.69) is 25.8 Å². The van der Waals surface area contributed by atoms with Crippen LogP contribution in [0.1, 0.15) is 27.3 Å². The Bertz CT molecular complexity index is 1670. The molecule has 0 aliphatic carbocycles. The van der Waals surface area contributed by atoms with Crippen LogP contribution in [0.5, 0.6) is 0 Å². The second kappa shape index (κ2) is 11.7. The number of amides is 2. The number of halogens is 2. The molecule has 0 saturated carbocycles. The Hall–Kier alpha value is -3.44. The number of aromatic nitrogens is 4. The van der Waals surface area contributed by atoms with Crippen LogP contribution in [0.2, 0.25) is 10.0 Å². The second-order valence-corrected chi connectivity index (χ2v) is 11.4. The highest BCUT2D eigenvalue weighted by molar-refractivity contribution is 7.99. The fourth-order valence-electron chi connectivity index (χ4n) is 3.87. The Labute approximate surface area is 242 Å². The van der Waals surface area contributed by atoms with Crippen molar-refractivity contribution >= 4 is 73.5 Å². The molecule has 0 spiro atoms. The van der Waals surface area contributed by atoms with E-state index in [1.807, 2.05) is 60.9 Å². The Kier molecular flexibility index (Phi) is 8.18. The largest absolute Gasteiger partial charge is 0.345 e. The number of para-hydroxylation sites is 1. The van der Waals surface area contributed by atoms with Crippen molar-refractivity contribution in [1.82, 2.24) is 25.1 Å². The van der Waals surface area contributed by atoms with Crippen LogP contribution >= 0.6 is 46.3 Å². The molecule has 8 nitrogen and oxygen atoms in total. The monoisotopic (exact) mass is 596 g/mol. The Balaban J connectivity index is 1.35. The summed E-state index contributed by atoms with van der Waals surface area (Å²) in [5, 5.41) is 16.2. The number of hydrogen-bond acceptors (Lipinski definition) is 7. The Morgan fingerprint density at radius 1 is 1.03 bits per heavy atom. The second-order valence-electron chi connectivity index (χ2n) is 8.58. The summed E-state index contributed by atoms with van der Waals surface area (Å²) in [5.41, 5.74) is 4.13. The van der Waals surface area contributed by atoms with E-state index in [9.17, 15) is 9.59 Å². The summed E-state index contributed by atoms with van der Waals surface area (Å²) in [5.74, 6) is 0.0423. The fourth-order valence-corrected chi connectivity index (χ4v) is 6.01. The van der Waals surface area contributed by atoms with Gasteiger partial charge >= 0.3 is 0 Å². The first-order valence-corrected chi connectivity index (χ1v) is 14.4. The molecule has 39 heavy (non-hydrogen) atoms. The maximum Gasteiger partial charge on any atom is 0.253 e. The molecule has 0 aliphatic heterocycles. The maximum atomic E-state index is 12.8. The first-order chi connectivity index (χ1) is 18.8. The van der Waals surface area contributed by atoms with Gasteiger partial charge in [-0.25, -0.2) is 4.98 Å². The fraction of sp³-hybridized carbons (Fsp3) is 0.148. The topological polar surface area (TPSA) is 102 Å². The lowest BCUT2D eigenvalue weighted by Gasteiger charge is -2.15. The molecule has 5 rings (SSSR count). The third-order valence-corrected chi connectivity index (χ3v) is 8.40. The van der Waals surface area contributed by atoms with Crippen LogP contribution in [-0.4, -0.2) is 37.3 Å². The lowest BCUT2D eigenvalue weighted by atomic mass is 10.1. The zero-order chi connectivity index (χ0) is 27.5. The van der Waals surface area contributed by atoms with Gasteiger partial charge in [0.05, 0.1) is 38.8 Å². The highest BCUT2D eigenvalue weighted by atomic mass is 35.5. The summed E-state index contributed by atoms with van der Waals surface area (Å²) >= 11 is 14.8. The zero-order valence-electron chi connectivity index (χ0n) is 20.9. The van der Waals surface area contributed by atoms with Gasteiger partial charge in [0, 0.05) is 5.02 Å². The van der Waals surface area contributed by atoms with E-state index in [0.717, 1.165) is 27.0 Å². The summed E-state index contributed by atoms with van der Waals surface area (Å²) in [6.07, 6.45) is 0. The number of thiazole rings is 1. The van der Waals surface area contributed by atoms with Crippen molar-refractivity contribution in [3.63, 3.8) is 0 Å². The summed E-state index contributed by atoms with van der Waals surface area (Å²) in [6, 6.07) is 18.3. The number of hydrogen-bond donors (Lipinski definition) is 2. The van der Waals surface area contributed by atoms with Crippen molar-refractivity contribution in [2.75, 3.05) is 11.1 Å². The number of carbonyl (C=O) groups is 2. The summed E-state index contributed by atoms with van der Waals surface area (Å²) < 4.78 is 2.86. The van der Waals surface area contributed by atoms with Gasteiger partial charge in [0.1, 0.15) is 0 Å². The molecule has 2 aromatic heterocycles. The number of nitrogens with one attached hydrogen (secondary N) is 2. The molecule has 3 aromatic carbocycles. The normalized spacial score (nSPS) is 11.1. The van der Waals surface area contributed by atoms with E-state index >= 15 is 0 Å². The van der Waals surface area contributed by atoms with E-state index in [1.165, 1.54) is 29.2 Å². The van der Waals surface area contributed by atoms with Gasteiger partial charge in [-0.2, -0.15) is 0 Å². The van der Waals surface area contributed by atoms with Gasteiger partial charge in [-0.05, 0) is 61.4 Å². The van der Waals surface area contributed by atoms with E-state index in [-0.39, 0.29) is 29.1 Å². The lowest BCUT2D eigenvalue weighted by molar-refractivity contribution is -0.113. The van der Waals surface area contributed by atoms with Crippen LogP contribution in [0, 0.1) is 13.8 Å². The Morgan fingerprint density at radius 2 is 1.85 bits per heavy atom. The first-order valence-electron chi connectivity index (χ1n) is 11.8. The Morgan fingerprint density at radius 3 is 2.64 bits per heavy atom. The highest BCUT2D eigenvalue weighted by Crippen LogP contribution is 2.28. The molecular formula is C27H22Cl2N6O2S2. The predicted octanol–water partition coefficient (Wildman–Crippen LogP) is 6.46. The molecule has 0 saturated heterocycles. The van der Waals surface area contributed by atoms with Gasteiger partial charge in [-0.1, -0.05) is 70.6 Å². The van der Waals surface area contributed by atoms with Gasteiger partial charge in [-0.15, -0.1) is 10.2 Å².